The van der Waals surface area contributed by atoms with Crippen molar-refractivity contribution in [1.29, 1.82) is 0 Å². The summed E-state index contributed by atoms with van der Waals surface area (Å²) < 4.78 is 4.96. The van der Waals surface area contributed by atoms with Crippen molar-refractivity contribution in [2.24, 2.45) is 5.92 Å². The fourth-order valence-corrected chi connectivity index (χ4v) is 1.05. The molecule has 2 heteroatoms. The Labute approximate surface area is 63.2 Å². The number of methoxy groups -OCH3 is 1. The minimum atomic E-state index is -0.190. The highest BCUT2D eigenvalue weighted by Gasteiger charge is 2.14. The van der Waals surface area contributed by atoms with Crippen molar-refractivity contribution in [2.45, 2.75) is 32.8 Å². The molecule has 0 amide bonds. The summed E-state index contributed by atoms with van der Waals surface area (Å²) in [5, 5.41) is 9.37. The van der Waals surface area contributed by atoms with Gasteiger partial charge in [-0.3, -0.25) is 0 Å². The van der Waals surface area contributed by atoms with Crippen LogP contribution in [0.4, 0.5) is 0 Å². The lowest BCUT2D eigenvalue weighted by molar-refractivity contribution is 0.0439. The number of aliphatic hydroxyl groups excluding tert-OH is 1. The van der Waals surface area contributed by atoms with Crippen LogP contribution in [0.1, 0.15) is 26.7 Å². The van der Waals surface area contributed by atoms with Gasteiger partial charge in [0.25, 0.3) is 0 Å². The third-order valence-corrected chi connectivity index (χ3v) is 1.87. The van der Waals surface area contributed by atoms with Gasteiger partial charge in [-0.15, -0.1) is 0 Å². The molecule has 0 aliphatic carbocycles. The fraction of sp³-hybridized carbons (Fsp3) is 1.00. The molecule has 0 rings (SSSR count). The van der Waals surface area contributed by atoms with E-state index < -0.39 is 0 Å². The van der Waals surface area contributed by atoms with Crippen LogP contribution in [0.15, 0.2) is 0 Å². The third kappa shape index (κ3) is 3.18. The van der Waals surface area contributed by atoms with E-state index in [9.17, 15) is 5.11 Å². The summed E-state index contributed by atoms with van der Waals surface area (Å²) in [4.78, 5) is 0. The predicted molar refractivity (Wildman–Crippen MR) is 42.0 cm³/mol. The van der Waals surface area contributed by atoms with E-state index in [2.05, 4.69) is 6.92 Å². The fourth-order valence-electron chi connectivity index (χ4n) is 1.05. The molecule has 2 unspecified atom stereocenters. The summed E-state index contributed by atoms with van der Waals surface area (Å²) in [5.74, 6) is 0.315. The van der Waals surface area contributed by atoms with Gasteiger partial charge in [0, 0.05) is 13.0 Å². The first-order valence-corrected chi connectivity index (χ1v) is 3.93. The molecule has 62 valence electrons. The normalized spacial score (nSPS) is 16.8. The Morgan fingerprint density at radius 1 is 1.30 bits per heavy atom. The summed E-state index contributed by atoms with van der Waals surface area (Å²) in [5.41, 5.74) is 0. The van der Waals surface area contributed by atoms with Crippen molar-refractivity contribution >= 4 is 0 Å². The first kappa shape index (κ1) is 9.92. The van der Waals surface area contributed by atoms with Gasteiger partial charge in [0.1, 0.15) is 0 Å². The zero-order valence-corrected chi connectivity index (χ0v) is 7.13. The second-order valence-electron chi connectivity index (χ2n) is 2.60. The summed E-state index contributed by atoms with van der Waals surface area (Å²) >= 11 is 0. The van der Waals surface area contributed by atoms with Gasteiger partial charge in [0.2, 0.25) is 0 Å². The molecule has 0 bridgehead atoms. The monoisotopic (exact) mass is 146 g/mol. The summed E-state index contributed by atoms with van der Waals surface area (Å²) in [6.07, 6.45) is 1.62. The molecule has 0 aromatic carbocycles. The zero-order valence-electron chi connectivity index (χ0n) is 7.13. The van der Waals surface area contributed by atoms with E-state index in [4.69, 9.17) is 4.74 Å². The SMILES string of the molecule is CCC(O)C(CC)COC. The largest absolute Gasteiger partial charge is 0.393 e. The van der Waals surface area contributed by atoms with Crippen molar-refractivity contribution in [3.63, 3.8) is 0 Å². The molecule has 0 aliphatic rings. The van der Waals surface area contributed by atoms with Gasteiger partial charge in [0.15, 0.2) is 0 Å². The highest BCUT2D eigenvalue weighted by atomic mass is 16.5. The maximum Gasteiger partial charge on any atom is 0.0587 e. The Bertz CT molecular complexity index is 73.7. The van der Waals surface area contributed by atoms with Crippen molar-refractivity contribution in [2.75, 3.05) is 13.7 Å². The van der Waals surface area contributed by atoms with Gasteiger partial charge >= 0.3 is 0 Å². The molecule has 2 nitrogen and oxygen atoms in total. The second kappa shape index (κ2) is 5.69. The van der Waals surface area contributed by atoms with E-state index in [-0.39, 0.29) is 6.10 Å². The van der Waals surface area contributed by atoms with Gasteiger partial charge < -0.3 is 9.84 Å². The van der Waals surface area contributed by atoms with Crippen LogP contribution in [-0.2, 0) is 4.74 Å². The van der Waals surface area contributed by atoms with Gasteiger partial charge in [-0.2, -0.15) is 0 Å². The van der Waals surface area contributed by atoms with E-state index in [1.807, 2.05) is 6.92 Å². The molecule has 0 fully saturated rings. The van der Waals surface area contributed by atoms with Crippen LogP contribution < -0.4 is 0 Å². The molecule has 0 heterocycles. The number of aliphatic hydroxyl groups is 1. The van der Waals surface area contributed by atoms with E-state index >= 15 is 0 Å². The highest BCUT2D eigenvalue weighted by molar-refractivity contribution is 4.64. The number of rotatable bonds is 5. The average molecular weight is 146 g/mol. The number of hydrogen-bond acceptors (Lipinski definition) is 2. The molecule has 0 radical (unpaired) electrons. The molecule has 0 aromatic heterocycles. The lowest BCUT2D eigenvalue weighted by atomic mass is 9.99. The van der Waals surface area contributed by atoms with Gasteiger partial charge in [-0.25, -0.2) is 0 Å². The van der Waals surface area contributed by atoms with Crippen molar-refractivity contribution < 1.29 is 9.84 Å². The van der Waals surface area contributed by atoms with Crippen LogP contribution in [0.25, 0.3) is 0 Å². The van der Waals surface area contributed by atoms with Gasteiger partial charge in [0.05, 0.1) is 12.7 Å². The maximum absolute atomic E-state index is 9.37. The third-order valence-electron chi connectivity index (χ3n) is 1.87. The smallest absolute Gasteiger partial charge is 0.0587 e. The molecule has 0 spiro atoms. The van der Waals surface area contributed by atoms with Crippen molar-refractivity contribution in [3.05, 3.63) is 0 Å². The molecule has 10 heavy (non-hydrogen) atoms. The first-order chi connectivity index (χ1) is 4.76. The van der Waals surface area contributed by atoms with Crippen LogP contribution >= 0.6 is 0 Å². The van der Waals surface area contributed by atoms with E-state index in [1.54, 1.807) is 7.11 Å². The molecular weight excluding hydrogens is 128 g/mol. The molecule has 2 atom stereocenters. The first-order valence-electron chi connectivity index (χ1n) is 3.93. The van der Waals surface area contributed by atoms with Crippen LogP contribution in [0.5, 0.6) is 0 Å². The lowest BCUT2D eigenvalue weighted by Crippen LogP contribution is -2.22. The predicted octanol–water partition coefficient (Wildman–Crippen LogP) is 1.43. The summed E-state index contributed by atoms with van der Waals surface area (Å²) in [6, 6.07) is 0. The standard InChI is InChI=1S/C8H18O2/c1-4-7(6-10-3)8(9)5-2/h7-9H,4-6H2,1-3H3. The quantitative estimate of drug-likeness (QED) is 0.635. The van der Waals surface area contributed by atoms with Gasteiger partial charge in [-0.1, -0.05) is 13.8 Å². The van der Waals surface area contributed by atoms with E-state index in [0.717, 1.165) is 12.8 Å². The van der Waals surface area contributed by atoms with Gasteiger partial charge in [-0.05, 0) is 12.8 Å². The van der Waals surface area contributed by atoms with Crippen LogP contribution in [0, 0.1) is 5.92 Å². The topological polar surface area (TPSA) is 29.5 Å². The number of ether oxygens (including phenoxy) is 1. The van der Waals surface area contributed by atoms with E-state index in [0.29, 0.717) is 12.5 Å². The second-order valence-corrected chi connectivity index (χ2v) is 2.60. The molecule has 1 N–H and O–H groups in total. The Morgan fingerprint density at radius 3 is 2.20 bits per heavy atom. The lowest BCUT2D eigenvalue weighted by Gasteiger charge is -2.18. The molecule has 0 aliphatic heterocycles. The van der Waals surface area contributed by atoms with Crippen LogP contribution in [-0.4, -0.2) is 24.9 Å². The minimum absolute atomic E-state index is 0.190. The van der Waals surface area contributed by atoms with Crippen LogP contribution in [0.3, 0.4) is 0 Å². The average Bonchev–Trinajstić information content (AvgIpc) is 1.99. The van der Waals surface area contributed by atoms with Crippen molar-refractivity contribution in [1.82, 2.24) is 0 Å². The molecule has 0 saturated heterocycles. The zero-order chi connectivity index (χ0) is 7.98. The highest BCUT2D eigenvalue weighted by Crippen LogP contribution is 2.11. The Hall–Kier alpha value is -0.0800. The Balaban J connectivity index is 3.56. The minimum Gasteiger partial charge on any atom is -0.393 e. The van der Waals surface area contributed by atoms with Crippen molar-refractivity contribution in [3.8, 4) is 0 Å². The van der Waals surface area contributed by atoms with E-state index in [1.165, 1.54) is 0 Å². The number of hydrogen-bond donors (Lipinski definition) is 1. The molecular formula is C8H18O2. The Morgan fingerprint density at radius 2 is 1.90 bits per heavy atom. The molecule has 0 aromatic rings. The van der Waals surface area contributed by atoms with Crippen LogP contribution in [0.2, 0.25) is 0 Å². The Kier molecular flexibility index (Phi) is 5.64. The summed E-state index contributed by atoms with van der Waals surface area (Å²) in [6.45, 7) is 4.73. The summed E-state index contributed by atoms with van der Waals surface area (Å²) in [7, 11) is 1.67. The maximum atomic E-state index is 9.37. The molecule has 0 saturated carbocycles.